The predicted octanol–water partition coefficient (Wildman–Crippen LogP) is 3.42. The quantitative estimate of drug-likeness (QED) is 0.801. The third kappa shape index (κ3) is 2.27. The number of rotatable bonds is 4. The minimum atomic E-state index is -0.0576. The van der Waals surface area contributed by atoms with Crippen molar-refractivity contribution in [3.05, 3.63) is 17.5 Å². The molecule has 4 heteroatoms. The van der Waals surface area contributed by atoms with Crippen LogP contribution in [0.5, 0.6) is 0 Å². The number of aromatic nitrogens is 2. The molecule has 2 fully saturated rings. The van der Waals surface area contributed by atoms with E-state index in [1.54, 1.807) is 4.68 Å². The van der Waals surface area contributed by atoms with E-state index in [1.165, 1.54) is 12.8 Å². The van der Waals surface area contributed by atoms with E-state index in [1.807, 2.05) is 20.2 Å². The van der Waals surface area contributed by atoms with Crippen LogP contribution in [0.4, 0.5) is 0 Å². The fourth-order valence-electron chi connectivity index (χ4n) is 4.66. The number of hydrogen-bond donors (Lipinski definition) is 0. The van der Waals surface area contributed by atoms with Gasteiger partial charge in [0.25, 0.3) is 0 Å². The molecule has 1 heterocycles. The molecule has 0 saturated heterocycles. The third-order valence-corrected chi connectivity index (χ3v) is 6.70. The van der Waals surface area contributed by atoms with E-state index in [4.69, 9.17) is 4.74 Å². The molecule has 2 aliphatic rings. The van der Waals surface area contributed by atoms with Crippen molar-refractivity contribution in [1.82, 2.24) is 9.78 Å². The summed E-state index contributed by atoms with van der Waals surface area (Å²) in [5.41, 5.74) is 2.58. The van der Waals surface area contributed by atoms with E-state index in [-0.39, 0.29) is 22.9 Å². The normalized spacial score (nSPS) is 32.4. The lowest BCUT2D eigenvalue weighted by atomic mass is 9.70. The van der Waals surface area contributed by atoms with Gasteiger partial charge in [0, 0.05) is 25.1 Å². The lowest BCUT2D eigenvalue weighted by Crippen LogP contribution is -2.38. The van der Waals surface area contributed by atoms with Crippen LogP contribution in [0, 0.1) is 23.7 Å². The molecule has 0 aliphatic heterocycles. The minimum absolute atomic E-state index is 0.0576. The van der Waals surface area contributed by atoms with Gasteiger partial charge in [-0.25, -0.2) is 0 Å². The lowest BCUT2D eigenvalue weighted by molar-refractivity contribution is -0.156. The highest BCUT2D eigenvalue weighted by atomic mass is 16.5. The molecule has 3 unspecified atom stereocenters. The van der Waals surface area contributed by atoms with Gasteiger partial charge in [0.1, 0.15) is 6.10 Å². The van der Waals surface area contributed by atoms with Gasteiger partial charge >= 0.3 is 5.97 Å². The van der Waals surface area contributed by atoms with Crippen molar-refractivity contribution in [3.8, 4) is 0 Å². The Balaban J connectivity index is 1.58. The molecule has 3 atom stereocenters. The number of carbonyl (C=O) groups excluding carboxylic acids is 1. The Morgan fingerprint density at radius 1 is 1.45 bits per heavy atom. The molecule has 122 valence electrons. The highest BCUT2D eigenvalue weighted by Crippen LogP contribution is 2.66. The SMILES string of the molecule is Cc1nn(C)cc1CCC(=O)OC1CC2CCC1(C)C2(C)C. The van der Waals surface area contributed by atoms with Gasteiger partial charge < -0.3 is 4.74 Å². The topological polar surface area (TPSA) is 44.1 Å². The summed E-state index contributed by atoms with van der Waals surface area (Å²) in [6.07, 6.45) is 6.77. The predicted molar refractivity (Wildman–Crippen MR) is 85.4 cm³/mol. The summed E-state index contributed by atoms with van der Waals surface area (Å²) in [5.74, 6) is 0.647. The average Bonchev–Trinajstić information content (AvgIpc) is 2.93. The second-order valence-electron chi connectivity index (χ2n) is 8.00. The van der Waals surface area contributed by atoms with Crippen molar-refractivity contribution < 1.29 is 9.53 Å². The summed E-state index contributed by atoms with van der Waals surface area (Å²) >= 11 is 0. The van der Waals surface area contributed by atoms with Crippen molar-refractivity contribution in [1.29, 1.82) is 0 Å². The Morgan fingerprint density at radius 2 is 2.18 bits per heavy atom. The van der Waals surface area contributed by atoms with Crippen molar-refractivity contribution in [2.24, 2.45) is 23.8 Å². The van der Waals surface area contributed by atoms with Crippen LogP contribution < -0.4 is 0 Å². The Labute approximate surface area is 133 Å². The molecule has 2 saturated carbocycles. The van der Waals surface area contributed by atoms with Crippen LogP contribution in [0.2, 0.25) is 0 Å². The van der Waals surface area contributed by atoms with Crippen LogP contribution in [0.1, 0.15) is 57.7 Å². The molecule has 4 nitrogen and oxygen atoms in total. The molecular weight excluding hydrogens is 276 g/mol. The zero-order valence-corrected chi connectivity index (χ0v) is 14.5. The van der Waals surface area contributed by atoms with Gasteiger partial charge in [-0.1, -0.05) is 20.8 Å². The zero-order chi connectivity index (χ0) is 16.1. The van der Waals surface area contributed by atoms with E-state index < -0.39 is 0 Å². The first kappa shape index (κ1) is 15.6. The molecule has 0 N–H and O–H groups in total. The first-order chi connectivity index (χ1) is 10.2. The van der Waals surface area contributed by atoms with E-state index in [9.17, 15) is 4.79 Å². The maximum absolute atomic E-state index is 12.3. The maximum atomic E-state index is 12.3. The fraction of sp³-hybridized carbons (Fsp3) is 0.778. The molecule has 2 aliphatic carbocycles. The standard InChI is InChI=1S/C18H28N2O2/c1-12-13(11-20(5)19-12)6-7-16(21)22-15-10-14-8-9-18(15,4)17(14,2)3/h11,14-15H,6-10H2,1-5H3. The molecule has 0 spiro atoms. The smallest absolute Gasteiger partial charge is 0.306 e. The average molecular weight is 304 g/mol. The van der Waals surface area contributed by atoms with Gasteiger partial charge in [0.15, 0.2) is 0 Å². The van der Waals surface area contributed by atoms with E-state index >= 15 is 0 Å². The van der Waals surface area contributed by atoms with Crippen molar-refractivity contribution >= 4 is 5.97 Å². The van der Waals surface area contributed by atoms with Crippen LogP contribution in [-0.4, -0.2) is 21.9 Å². The van der Waals surface area contributed by atoms with E-state index in [0.717, 1.165) is 24.1 Å². The van der Waals surface area contributed by atoms with Crippen LogP contribution in [0.25, 0.3) is 0 Å². The van der Waals surface area contributed by atoms with Gasteiger partial charge in [-0.15, -0.1) is 0 Å². The fourth-order valence-corrected chi connectivity index (χ4v) is 4.66. The Kier molecular flexibility index (Phi) is 3.61. The van der Waals surface area contributed by atoms with Gasteiger partial charge in [0.05, 0.1) is 5.69 Å². The number of aryl methyl sites for hydroxylation is 3. The molecule has 22 heavy (non-hydrogen) atoms. The number of hydrogen-bond acceptors (Lipinski definition) is 3. The monoisotopic (exact) mass is 304 g/mol. The Hall–Kier alpha value is -1.32. The number of fused-ring (bicyclic) bond motifs is 2. The molecular formula is C18H28N2O2. The minimum Gasteiger partial charge on any atom is -0.462 e. The highest BCUT2D eigenvalue weighted by Gasteiger charge is 2.62. The number of carbonyl (C=O) groups is 1. The Morgan fingerprint density at radius 3 is 2.68 bits per heavy atom. The first-order valence-electron chi connectivity index (χ1n) is 8.42. The van der Waals surface area contributed by atoms with Gasteiger partial charge in [-0.2, -0.15) is 5.10 Å². The second-order valence-corrected chi connectivity index (χ2v) is 8.00. The molecule has 1 aromatic rings. The first-order valence-corrected chi connectivity index (χ1v) is 8.42. The summed E-state index contributed by atoms with van der Waals surface area (Å²) in [6, 6.07) is 0. The number of nitrogens with zero attached hydrogens (tertiary/aromatic N) is 2. The highest BCUT2D eigenvalue weighted by molar-refractivity contribution is 5.70. The number of ether oxygens (including phenoxy) is 1. The molecule has 2 bridgehead atoms. The van der Waals surface area contributed by atoms with Crippen LogP contribution >= 0.6 is 0 Å². The van der Waals surface area contributed by atoms with Gasteiger partial charge in [0.2, 0.25) is 0 Å². The molecule has 0 amide bonds. The molecule has 0 radical (unpaired) electrons. The van der Waals surface area contributed by atoms with Crippen molar-refractivity contribution in [2.75, 3.05) is 0 Å². The molecule has 3 rings (SSSR count). The van der Waals surface area contributed by atoms with Gasteiger partial charge in [-0.3, -0.25) is 9.48 Å². The van der Waals surface area contributed by atoms with Crippen LogP contribution in [0.3, 0.4) is 0 Å². The number of esters is 1. The Bertz CT molecular complexity index is 590. The zero-order valence-electron chi connectivity index (χ0n) is 14.5. The van der Waals surface area contributed by atoms with Gasteiger partial charge in [-0.05, 0) is 49.5 Å². The summed E-state index contributed by atoms with van der Waals surface area (Å²) in [7, 11) is 1.91. The van der Waals surface area contributed by atoms with Crippen LogP contribution in [0.15, 0.2) is 6.20 Å². The lowest BCUT2D eigenvalue weighted by Gasteiger charge is -2.38. The van der Waals surface area contributed by atoms with Crippen molar-refractivity contribution in [2.45, 2.75) is 65.9 Å². The van der Waals surface area contributed by atoms with Crippen molar-refractivity contribution in [3.63, 3.8) is 0 Å². The third-order valence-electron chi connectivity index (χ3n) is 6.70. The van der Waals surface area contributed by atoms with E-state index in [2.05, 4.69) is 25.9 Å². The largest absolute Gasteiger partial charge is 0.462 e. The summed E-state index contributed by atoms with van der Waals surface area (Å²) in [6.45, 7) is 8.98. The summed E-state index contributed by atoms with van der Waals surface area (Å²) in [4.78, 5) is 12.3. The van der Waals surface area contributed by atoms with E-state index in [0.29, 0.717) is 12.3 Å². The van der Waals surface area contributed by atoms with Crippen LogP contribution in [-0.2, 0) is 23.0 Å². The summed E-state index contributed by atoms with van der Waals surface area (Å²) < 4.78 is 7.69. The second kappa shape index (κ2) is 5.10. The summed E-state index contributed by atoms with van der Waals surface area (Å²) in [5, 5.41) is 4.32. The molecule has 1 aromatic heterocycles. The maximum Gasteiger partial charge on any atom is 0.306 e. The molecule has 0 aromatic carbocycles.